The van der Waals surface area contributed by atoms with Gasteiger partial charge in [0.25, 0.3) is 0 Å². The van der Waals surface area contributed by atoms with Crippen LogP contribution < -0.4 is 0 Å². The summed E-state index contributed by atoms with van der Waals surface area (Å²) in [5.74, 6) is -7.90. The van der Waals surface area contributed by atoms with Crippen molar-refractivity contribution in [3.63, 3.8) is 0 Å². The van der Waals surface area contributed by atoms with E-state index in [2.05, 4.69) is 0 Å². The normalized spacial score (nSPS) is 28.7. The molecule has 5 rings (SSSR count). The molecule has 0 saturated heterocycles. The van der Waals surface area contributed by atoms with Crippen molar-refractivity contribution in [1.29, 1.82) is 0 Å². The third kappa shape index (κ3) is 3.61. The van der Waals surface area contributed by atoms with Gasteiger partial charge in [-0.1, -0.05) is 0 Å². The highest BCUT2D eigenvalue weighted by Gasteiger charge is 2.64. The second-order valence-electron chi connectivity index (χ2n) is 11.7. The van der Waals surface area contributed by atoms with Gasteiger partial charge in [0.05, 0.1) is 17.2 Å². The summed E-state index contributed by atoms with van der Waals surface area (Å²) in [7, 11) is 2.96. The van der Waals surface area contributed by atoms with E-state index in [4.69, 9.17) is 0 Å². The fourth-order valence-electron chi connectivity index (χ4n) is 7.10. The fourth-order valence-corrected chi connectivity index (χ4v) is 7.10. The molecule has 0 unspecified atom stereocenters. The lowest BCUT2D eigenvalue weighted by Gasteiger charge is -2.50. The number of aromatic hydroxyl groups is 1. The smallest absolute Gasteiger partial charge is 0.417 e. The average molecular weight is 565 g/mol. The Labute approximate surface area is 228 Å². The first kappa shape index (κ1) is 28.3. The molecule has 1 heterocycles. The van der Waals surface area contributed by atoms with Crippen LogP contribution in [0.25, 0.3) is 5.76 Å². The van der Waals surface area contributed by atoms with Crippen LogP contribution in [0.5, 0.6) is 5.75 Å². The van der Waals surface area contributed by atoms with E-state index in [-0.39, 0.29) is 42.2 Å². The molecule has 1 saturated carbocycles. The molecule has 1 fully saturated rings. The maximum atomic E-state index is 14.6. The molecule has 0 bridgehead atoms. The number of benzene rings is 1. The van der Waals surface area contributed by atoms with Crippen molar-refractivity contribution in [3.05, 3.63) is 44.7 Å². The summed E-state index contributed by atoms with van der Waals surface area (Å²) in [5.41, 5.74) is -5.90. The van der Waals surface area contributed by atoms with Crippen LogP contribution >= 0.6 is 0 Å². The number of aliphatic hydroxyl groups is 3. The summed E-state index contributed by atoms with van der Waals surface area (Å²) in [6.45, 7) is 4.56. The summed E-state index contributed by atoms with van der Waals surface area (Å²) in [4.78, 5) is 42.6. The van der Waals surface area contributed by atoms with Gasteiger partial charge in [-0.15, -0.1) is 0 Å². The lowest BCUT2D eigenvalue weighted by Crippen LogP contribution is -2.65. The highest BCUT2D eigenvalue weighted by Crippen LogP contribution is 2.56. The molecule has 3 aliphatic carbocycles. The van der Waals surface area contributed by atoms with E-state index >= 15 is 0 Å². The number of fused-ring (bicyclic) bond motifs is 4. The zero-order chi connectivity index (χ0) is 29.8. The van der Waals surface area contributed by atoms with Crippen LogP contribution in [0, 0.1) is 11.8 Å². The first-order valence-electron chi connectivity index (χ1n) is 13.0. The molecule has 12 heteroatoms. The predicted molar refractivity (Wildman–Crippen MR) is 135 cm³/mol. The number of likely N-dealkylation sites (N-methyl/N-ethyl adjacent to an activating group) is 1. The first-order chi connectivity index (χ1) is 18.4. The number of hydrogen-bond acceptors (Lipinski definition) is 9. The Morgan fingerprint density at radius 1 is 1.07 bits per heavy atom. The van der Waals surface area contributed by atoms with E-state index in [1.807, 2.05) is 13.8 Å². The topological polar surface area (TPSA) is 139 Å². The van der Waals surface area contributed by atoms with Crippen molar-refractivity contribution in [1.82, 2.24) is 9.80 Å². The van der Waals surface area contributed by atoms with Crippen LogP contribution in [0.15, 0.2) is 16.9 Å². The Bertz CT molecular complexity index is 1440. The number of hydrogen-bond donors (Lipinski definition) is 4. The van der Waals surface area contributed by atoms with Crippen molar-refractivity contribution in [2.24, 2.45) is 11.8 Å². The highest BCUT2D eigenvalue weighted by atomic mass is 19.4. The minimum Gasteiger partial charge on any atom is -0.508 e. The second-order valence-corrected chi connectivity index (χ2v) is 11.7. The van der Waals surface area contributed by atoms with Gasteiger partial charge in [-0.05, 0) is 64.8 Å². The standard InChI is InChI=1S/C28H31F3N2O7/c1-10(2)33-8-14-15(9-33)22(35)19-13(20(14)28(29,30)31)6-12-7-16-21(32(4)5)24(37)17(11(3)34)25(38)27(16,40)26(39)18(12)23(19)36/h10,12,16,21,35-36,38,40H,6-9H2,1-5H3/t12-,16-,21-,27+/m0/s1. The first-order valence-corrected chi connectivity index (χ1v) is 13.0. The van der Waals surface area contributed by atoms with Crippen LogP contribution in [-0.2, 0) is 40.1 Å². The van der Waals surface area contributed by atoms with Gasteiger partial charge in [0.2, 0.25) is 5.78 Å². The summed E-state index contributed by atoms with van der Waals surface area (Å²) in [6.07, 6.45) is -5.49. The number of carbonyl (C=O) groups excluding carboxylic acids is 3. The number of alkyl halides is 3. The third-order valence-electron chi connectivity index (χ3n) is 8.95. The molecule has 9 nitrogen and oxygen atoms in total. The number of ketones is 3. The maximum Gasteiger partial charge on any atom is 0.417 e. The van der Waals surface area contributed by atoms with E-state index < -0.39 is 93.0 Å². The van der Waals surface area contributed by atoms with Gasteiger partial charge in [-0.3, -0.25) is 24.2 Å². The molecule has 216 valence electrons. The molecular weight excluding hydrogens is 533 g/mol. The molecule has 0 radical (unpaired) electrons. The molecular formula is C28H31F3N2O7. The molecule has 1 aromatic carbocycles. The van der Waals surface area contributed by atoms with Crippen molar-refractivity contribution in [3.8, 4) is 5.75 Å². The van der Waals surface area contributed by atoms with Crippen molar-refractivity contribution < 1.29 is 48.0 Å². The van der Waals surface area contributed by atoms with Gasteiger partial charge in [0.15, 0.2) is 17.2 Å². The van der Waals surface area contributed by atoms with E-state index in [0.717, 1.165) is 6.92 Å². The molecule has 40 heavy (non-hydrogen) atoms. The minimum atomic E-state index is -4.84. The van der Waals surface area contributed by atoms with E-state index in [1.54, 1.807) is 4.90 Å². The van der Waals surface area contributed by atoms with Gasteiger partial charge in [0.1, 0.15) is 22.8 Å². The quantitative estimate of drug-likeness (QED) is 0.408. The lowest BCUT2D eigenvalue weighted by molar-refractivity contribution is -0.153. The number of Topliss-reactive ketones (excluding diaryl/α,β-unsaturated/α-hetero) is 3. The Kier molecular flexibility index (Phi) is 6.29. The zero-order valence-electron chi connectivity index (χ0n) is 22.7. The Morgan fingerprint density at radius 3 is 2.20 bits per heavy atom. The van der Waals surface area contributed by atoms with Gasteiger partial charge in [0, 0.05) is 36.2 Å². The van der Waals surface area contributed by atoms with Crippen molar-refractivity contribution >= 4 is 23.1 Å². The molecule has 4 N–H and O–H groups in total. The highest BCUT2D eigenvalue weighted by molar-refractivity contribution is 6.25. The van der Waals surface area contributed by atoms with Crippen LogP contribution in [0.4, 0.5) is 13.2 Å². The third-order valence-corrected chi connectivity index (χ3v) is 8.95. The SMILES string of the molecule is CC(=O)C1=C(O)[C@@]2(O)C(=O)C3=C(O)c4c(O)c5c(c(C(F)(F)F)c4C[C@H]3C[C@H]2[C@H](N(C)C)C1=O)CN(C(C)C)C5. The summed E-state index contributed by atoms with van der Waals surface area (Å²) in [5, 5.41) is 45.2. The van der Waals surface area contributed by atoms with E-state index in [1.165, 1.54) is 19.0 Å². The molecule has 0 aromatic heterocycles. The van der Waals surface area contributed by atoms with Gasteiger partial charge in [-0.2, -0.15) is 13.2 Å². The molecule has 1 aliphatic heterocycles. The maximum absolute atomic E-state index is 14.6. The van der Waals surface area contributed by atoms with Crippen molar-refractivity contribution in [2.75, 3.05) is 14.1 Å². The van der Waals surface area contributed by atoms with Crippen LogP contribution in [0.3, 0.4) is 0 Å². The van der Waals surface area contributed by atoms with E-state index in [0.29, 0.717) is 0 Å². The number of aliphatic hydroxyl groups excluding tert-OH is 2. The number of phenols is 1. The molecule has 0 spiro atoms. The Hall–Kier alpha value is -3.22. The number of halogens is 3. The monoisotopic (exact) mass is 564 g/mol. The van der Waals surface area contributed by atoms with Crippen molar-refractivity contribution in [2.45, 2.75) is 70.6 Å². The fraction of sp³-hybridized carbons (Fsp3) is 0.536. The molecule has 0 amide bonds. The zero-order valence-corrected chi connectivity index (χ0v) is 22.7. The van der Waals surface area contributed by atoms with E-state index in [9.17, 15) is 48.0 Å². The summed E-state index contributed by atoms with van der Waals surface area (Å²) < 4.78 is 43.8. The van der Waals surface area contributed by atoms with Crippen LogP contribution in [-0.4, -0.2) is 79.4 Å². The largest absolute Gasteiger partial charge is 0.508 e. The molecule has 4 aliphatic rings. The van der Waals surface area contributed by atoms with Crippen LogP contribution in [0.2, 0.25) is 0 Å². The molecule has 4 atom stereocenters. The Morgan fingerprint density at radius 2 is 1.68 bits per heavy atom. The lowest BCUT2D eigenvalue weighted by atomic mass is 9.57. The summed E-state index contributed by atoms with van der Waals surface area (Å²) >= 11 is 0. The average Bonchev–Trinajstić information content (AvgIpc) is 3.26. The van der Waals surface area contributed by atoms with Gasteiger partial charge in [-0.25, -0.2) is 0 Å². The number of phenolic OH excluding ortho intramolecular Hbond substituents is 1. The summed E-state index contributed by atoms with van der Waals surface area (Å²) in [6, 6.07) is -1.38. The Balaban J connectivity index is 1.78. The number of nitrogens with zero attached hydrogens (tertiary/aromatic N) is 2. The van der Waals surface area contributed by atoms with Crippen LogP contribution in [0.1, 0.15) is 55.0 Å². The predicted octanol–water partition coefficient (Wildman–Crippen LogP) is 2.81. The van der Waals surface area contributed by atoms with Gasteiger partial charge >= 0.3 is 6.18 Å². The number of carbonyl (C=O) groups is 3. The van der Waals surface area contributed by atoms with Gasteiger partial charge < -0.3 is 20.4 Å². The minimum absolute atomic E-state index is 0.000678. The second kappa shape index (κ2) is 8.89. The molecule has 1 aromatic rings. The number of rotatable bonds is 3.